The van der Waals surface area contributed by atoms with E-state index in [-0.39, 0.29) is 5.76 Å². The number of carboxylic acids is 1. The van der Waals surface area contributed by atoms with E-state index in [1.165, 1.54) is 17.2 Å². The van der Waals surface area contributed by atoms with Crippen molar-refractivity contribution in [1.82, 2.24) is 0 Å². The number of benzene rings is 1. The van der Waals surface area contributed by atoms with Crippen molar-refractivity contribution in [3.05, 3.63) is 46.7 Å². The molecule has 3 nitrogen and oxygen atoms in total. The first-order valence-corrected chi connectivity index (χ1v) is 5.40. The topological polar surface area (TPSA) is 50.4 Å². The Kier molecular flexibility index (Phi) is 2.76. The average molecular weight is 230 g/mol. The van der Waals surface area contributed by atoms with Crippen LogP contribution in [0.3, 0.4) is 0 Å². The molecule has 0 atom stereocenters. The van der Waals surface area contributed by atoms with Crippen molar-refractivity contribution in [2.24, 2.45) is 0 Å². The summed E-state index contributed by atoms with van der Waals surface area (Å²) in [6.07, 6.45) is 0. The highest BCUT2D eigenvalue weighted by atomic mass is 16.4. The van der Waals surface area contributed by atoms with Crippen LogP contribution in [0.25, 0.3) is 11.3 Å². The second-order valence-corrected chi connectivity index (χ2v) is 4.22. The standard InChI is InChI=1S/C14H14O3/c1-8-6-10(3)11(7-9(8)2)12-4-5-13(17-12)14(15)16/h4-7H,1-3H3,(H,15,16). The molecule has 0 saturated heterocycles. The SMILES string of the molecule is Cc1cc(C)c(-c2ccc(C(=O)O)o2)cc1C. The number of aryl methyl sites for hydroxylation is 3. The minimum atomic E-state index is -1.04. The molecule has 0 spiro atoms. The molecule has 1 aromatic carbocycles. The number of aromatic carboxylic acids is 1. The minimum absolute atomic E-state index is 0.0300. The maximum absolute atomic E-state index is 10.8. The molecule has 1 heterocycles. The maximum Gasteiger partial charge on any atom is 0.371 e. The monoisotopic (exact) mass is 230 g/mol. The summed E-state index contributed by atoms with van der Waals surface area (Å²) in [4.78, 5) is 10.8. The second-order valence-electron chi connectivity index (χ2n) is 4.22. The van der Waals surface area contributed by atoms with Crippen LogP contribution in [0.4, 0.5) is 0 Å². The lowest BCUT2D eigenvalue weighted by Gasteiger charge is -2.07. The number of rotatable bonds is 2. The summed E-state index contributed by atoms with van der Waals surface area (Å²) in [5.41, 5.74) is 4.41. The van der Waals surface area contributed by atoms with Crippen molar-refractivity contribution in [1.29, 1.82) is 0 Å². The third kappa shape index (κ3) is 2.09. The van der Waals surface area contributed by atoms with Gasteiger partial charge in [0.1, 0.15) is 5.76 Å². The Morgan fingerprint density at radius 2 is 1.71 bits per heavy atom. The van der Waals surface area contributed by atoms with Gasteiger partial charge in [-0.3, -0.25) is 0 Å². The van der Waals surface area contributed by atoms with Crippen LogP contribution < -0.4 is 0 Å². The minimum Gasteiger partial charge on any atom is -0.475 e. The zero-order valence-corrected chi connectivity index (χ0v) is 10.1. The van der Waals surface area contributed by atoms with E-state index in [9.17, 15) is 4.79 Å². The largest absolute Gasteiger partial charge is 0.475 e. The summed E-state index contributed by atoms with van der Waals surface area (Å²) in [6.45, 7) is 6.07. The molecule has 0 unspecified atom stereocenters. The number of carbonyl (C=O) groups is 1. The molecule has 0 aliphatic carbocycles. The van der Waals surface area contributed by atoms with Crippen molar-refractivity contribution in [3.63, 3.8) is 0 Å². The fourth-order valence-electron chi connectivity index (χ4n) is 1.82. The van der Waals surface area contributed by atoms with Crippen molar-refractivity contribution in [2.45, 2.75) is 20.8 Å². The molecule has 0 aliphatic rings. The molecule has 17 heavy (non-hydrogen) atoms. The van der Waals surface area contributed by atoms with E-state index >= 15 is 0 Å². The van der Waals surface area contributed by atoms with Crippen LogP contribution in [0, 0.1) is 20.8 Å². The lowest BCUT2D eigenvalue weighted by atomic mass is 9.99. The van der Waals surface area contributed by atoms with Gasteiger partial charge in [0.25, 0.3) is 0 Å². The Balaban J connectivity index is 2.52. The van der Waals surface area contributed by atoms with Gasteiger partial charge in [0, 0.05) is 5.56 Å². The van der Waals surface area contributed by atoms with Crippen LogP contribution in [-0.2, 0) is 0 Å². The van der Waals surface area contributed by atoms with E-state index in [1.54, 1.807) is 6.07 Å². The molecule has 0 saturated carbocycles. The molecule has 1 aromatic heterocycles. The van der Waals surface area contributed by atoms with Gasteiger partial charge in [0.05, 0.1) is 0 Å². The third-order valence-corrected chi connectivity index (χ3v) is 2.92. The Morgan fingerprint density at radius 1 is 1.06 bits per heavy atom. The quantitative estimate of drug-likeness (QED) is 0.858. The van der Waals surface area contributed by atoms with Gasteiger partial charge in [-0.2, -0.15) is 0 Å². The van der Waals surface area contributed by atoms with Crippen LogP contribution in [0.5, 0.6) is 0 Å². The van der Waals surface area contributed by atoms with Crippen LogP contribution in [0.1, 0.15) is 27.2 Å². The lowest BCUT2D eigenvalue weighted by Crippen LogP contribution is -1.92. The third-order valence-electron chi connectivity index (χ3n) is 2.92. The maximum atomic E-state index is 10.8. The molecule has 2 aromatic rings. The summed E-state index contributed by atoms with van der Waals surface area (Å²) in [7, 11) is 0. The molecule has 1 N–H and O–H groups in total. The van der Waals surface area contributed by atoms with E-state index in [1.807, 2.05) is 19.9 Å². The van der Waals surface area contributed by atoms with E-state index in [4.69, 9.17) is 9.52 Å². The lowest BCUT2D eigenvalue weighted by molar-refractivity contribution is 0.0663. The van der Waals surface area contributed by atoms with Crippen molar-refractivity contribution < 1.29 is 14.3 Å². The van der Waals surface area contributed by atoms with Crippen LogP contribution >= 0.6 is 0 Å². The molecule has 0 aliphatic heterocycles. The van der Waals surface area contributed by atoms with Gasteiger partial charge in [0.2, 0.25) is 5.76 Å². The Morgan fingerprint density at radius 3 is 2.29 bits per heavy atom. The number of hydrogen-bond donors (Lipinski definition) is 1. The molecule has 2 rings (SSSR count). The highest BCUT2D eigenvalue weighted by molar-refractivity contribution is 5.85. The van der Waals surface area contributed by atoms with Crippen LogP contribution in [0.2, 0.25) is 0 Å². The molecule has 88 valence electrons. The predicted molar refractivity (Wildman–Crippen MR) is 65.3 cm³/mol. The highest BCUT2D eigenvalue weighted by Crippen LogP contribution is 2.28. The number of hydrogen-bond acceptors (Lipinski definition) is 2. The Bertz CT molecular complexity index is 579. The van der Waals surface area contributed by atoms with E-state index in [0.717, 1.165) is 11.1 Å². The first-order valence-electron chi connectivity index (χ1n) is 5.40. The summed E-state index contributed by atoms with van der Waals surface area (Å²) in [5, 5.41) is 8.82. The van der Waals surface area contributed by atoms with E-state index in [2.05, 4.69) is 13.0 Å². The van der Waals surface area contributed by atoms with Crippen LogP contribution in [-0.4, -0.2) is 11.1 Å². The summed E-state index contributed by atoms with van der Waals surface area (Å²) < 4.78 is 5.31. The van der Waals surface area contributed by atoms with Crippen LogP contribution in [0.15, 0.2) is 28.7 Å². The molecule has 0 bridgehead atoms. The molecule has 3 heteroatoms. The summed E-state index contributed by atoms with van der Waals surface area (Å²) in [6, 6.07) is 7.27. The Labute approximate surface area is 99.7 Å². The van der Waals surface area contributed by atoms with Gasteiger partial charge in [-0.25, -0.2) is 4.79 Å². The van der Waals surface area contributed by atoms with Gasteiger partial charge in [0.15, 0.2) is 0 Å². The van der Waals surface area contributed by atoms with E-state index < -0.39 is 5.97 Å². The number of furan rings is 1. The van der Waals surface area contributed by atoms with Gasteiger partial charge in [-0.05, 0) is 55.7 Å². The predicted octanol–water partition coefficient (Wildman–Crippen LogP) is 3.57. The van der Waals surface area contributed by atoms with Crippen molar-refractivity contribution in [2.75, 3.05) is 0 Å². The van der Waals surface area contributed by atoms with Gasteiger partial charge >= 0.3 is 5.97 Å². The first-order chi connectivity index (χ1) is 7.99. The molecule has 0 amide bonds. The van der Waals surface area contributed by atoms with Gasteiger partial charge in [-0.15, -0.1) is 0 Å². The first kappa shape index (κ1) is 11.5. The molecular weight excluding hydrogens is 216 g/mol. The normalized spacial score (nSPS) is 10.5. The zero-order valence-electron chi connectivity index (χ0n) is 10.1. The number of carboxylic acid groups (broad SMARTS) is 1. The molecule has 0 fully saturated rings. The fourth-order valence-corrected chi connectivity index (χ4v) is 1.82. The average Bonchev–Trinajstić information content (AvgIpc) is 2.72. The van der Waals surface area contributed by atoms with Gasteiger partial charge < -0.3 is 9.52 Å². The molecular formula is C14H14O3. The molecule has 0 radical (unpaired) electrons. The Hall–Kier alpha value is -2.03. The summed E-state index contributed by atoms with van der Waals surface area (Å²) in [5.74, 6) is -0.474. The fraction of sp³-hybridized carbons (Fsp3) is 0.214. The van der Waals surface area contributed by atoms with E-state index in [0.29, 0.717) is 5.76 Å². The smallest absolute Gasteiger partial charge is 0.371 e. The van der Waals surface area contributed by atoms with Crippen molar-refractivity contribution >= 4 is 5.97 Å². The second kappa shape index (κ2) is 4.09. The zero-order chi connectivity index (χ0) is 12.6. The van der Waals surface area contributed by atoms with Gasteiger partial charge in [-0.1, -0.05) is 6.07 Å². The van der Waals surface area contributed by atoms with Crippen molar-refractivity contribution in [3.8, 4) is 11.3 Å². The summed E-state index contributed by atoms with van der Waals surface area (Å²) >= 11 is 0. The highest BCUT2D eigenvalue weighted by Gasteiger charge is 2.12.